The van der Waals surface area contributed by atoms with Crippen LogP contribution in [0, 0.1) is 18.7 Å². The van der Waals surface area contributed by atoms with Crippen LogP contribution in [0.2, 0.25) is 0 Å². The summed E-state index contributed by atoms with van der Waals surface area (Å²) in [6.07, 6.45) is -0.800. The van der Waals surface area contributed by atoms with Crippen molar-refractivity contribution in [3.8, 4) is 0 Å². The van der Waals surface area contributed by atoms with Gasteiger partial charge in [0.2, 0.25) is 0 Å². The first-order chi connectivity index (χ1) is 9.97. The van der Waals surface area contributed by atoms with E-state index in [2.05, 4.69) is 9.88 Å². The second-order valence-corrected chi connectivity index (χ2v) is 6.56. The molecule has 2 rings (SSSR count). The predicted molar refractivity (Wildman–Crippen MR) is 83.7 cm³/mol. The minimum absolute atomic E-state index is 0.0633. The highest BCUT2D eigenvalue weighted by Gasteiger charge is 2.21. The highest BCUT2D eigenvalue weighted by molar-refractivity contribution is 7.09. The van der Waals surface area contributed by atoms with Gasteiger partial charge in [0, 0.05) is 24.0 Å². The number of benzene rings is 1. The fraction of sp³-hybridized carbons (Fsp3) is 0.438. The SMILES string of the molecule is Cc1nc(CN(C)CC(C)C(O)c2ccccc2F)cs1. The standard InChI is InChI=1S/C16H21FN2OS/c1-11(16(20)14-6-4-5-7-15(14)17)8-19(3)9-13-10-21-12(2)18-13/h4-7,10-11,16,20H,8-9H2,1-3H3. The molecule has 0 saturated carbocycles. The summed E-state index contributed by atoms with van der Waals surface area (Å²) in [5, 5.41) is 13.4. The molecule has 1 heterocycles. The zero-order chi connectivity index (χ0) is 15.4. The van der Waals surface area contributed by atoms with Crippen molar-refractivity contribution in [1.29, 1.82) is 0 Å². The fourth-order valence-electron chi connectivity index (χ4n) is 2.43. The lowest BCUT2D eigenvalue weighted by Gasteiger charge is -2.25. The summed E-state index contributed by atoms with van der Waals surface area (Å²) >= 11 is 1.63. The summed E-state index contributed by atoms with van der Waals surface area (Å²) in [5.41, 5.74) is 1.40. The number of hydrogen-bond donors (Lipinski definition) is 1. The van der Waals surface area contributed by atoms with Crippen molar-refractivity contribution in [3.63, 3.8) is 0 Å². The molecule has 2 atom stereocenters. The zero-order valence-corrected chi connectivity index (χ0v) is 13.4. The molecule has 1 aromatic heterocycles. The van der Waals surface area contributed by atoms with Crippen LogP contribution >= 0.6 is 11.3 Å². The van der Waals surface area contributed by atoms with E-state index >= 15 is 0 Å². The predicted octanol–water partition coefficient (Wildman–Crippen LogP) is 3.39. The van der Waals surface area contributed by atoms with Gasteiger partial charge in [-0.15, -0.1) is 11.3 Å². The second kappa shape index (κ2) is 7.11. The molecule has 0 saturated heterocycles. The van der Waals surface area contributed by atoms with Crippen molar-refractivity contribution in [3.05, 3.63) is 51.7 Å². The van der Waals surface area contributed by atoms with Crippen LogP contribution in [-0.2, 0) is 6.54 Å². The van der Waals surface area contributed by atoms with Gasteiger partial charge < -0.3 is 10.0 Å². The Bertz CT molecular complexity index is 587. The summed E-state index contributed by atoms with van der Waals surface area (Å²) in [6, 6.07) is 6.40. The largest absolute Gasteiger partial charge is 0.388 e. The summed E-state index contributed by atoms with van der Waals surface area (Å²) in [4.78, 5) is 6.53. The molecule has 1 N–H and O–H groups in total. The second-order valence-electron chi connectivity index (χ2n) is 5.50. The Balaban J connectivity index is 1.94. The zero-order valence-electron chi connectivity index (χ0n) is 12.6. The van der Waals surface area contributed by atoms with E-state index < -0.39 is 6.10 Å². The van der Waals surface area contributed by atoms with E-state index in [0.717, 1.165) is 17.2 Å². The number of aryl methyl sites for hydroxylation is 1. The molecule has 0 fully saturated rings. The van der Waals surface area contributed by atoms with Crippen LogP contribution in [0.5, 0.6) is 0 Å². The Hall–Kier alpha value is -1.30. The van der Waals surface area contributed by atoms with Crippen molar-refractivity contribution in [2.24, 2.45) is 5.92 Å². The maximum atomic E-state index is 13.7. The van der Waals surface area contributed by atoms with Crippen LogP contribution in [0.25, 0.3) is 0 Å². The van der Waals surface area contributed by atoms with E-state index in [-0.39, 0.29) is 11.7 Å². The first kappa shape index (κ1) is 16.1. The summed E-state index contributed by atoms with van der Waals surface area (Å²) < 4.78 is 13.7. The lowest BCUT2D eigenvalue weighted by molar-refractivity contribution is 0.0899. The average molecular weight is 308 g/mol. The van der Waals surface area contributed by atoms with Gasteiger partial charge in [-0.05, 0) is 26.0 Å². The fourth-order valence-corrected chi connectivity index (χ4v) is 3.04. The van der Waals surface area contributed by atoms with Crippen molar-refractivity contribution in [1.82, 2.24) is 9.88 Å². The topological polar surface area (TPSA) is 36.4 Å². The lowest BCUT2D eigenvalue weighted by atomic mass is 9.96. The molecule has 3 nitrogen and oxygen atoms in total. The molecule has 0 aliphatic rings. The summed E-state index contributed by atoms with van der Waals surface area (Å²) in [7, 11) is 1.99. The van der Waals surface area contributed by atoms with Crippen LogP contribution < -0.4 is 0 Å². The normalized spacial score (nSPS) is 14.4. The van der Waals surface area contributed by atoms with Crippen LogP contribution in [-0.4, -0.2) is 28.6 Å². The molecule has 2 aromatic rings. The third-order valence-electron chi connectivity index (χ3n) is 3.46. The Morgan fingerprint density at radius 3 is 2.71 bits per heavy atom. The number of aliphatic hydroxyl groups excluding tert-OH is 1. The van der Waals surface area contributed by atoms with Crippen molar-refractivity contribution in [2.75, 3.05) is 13.6 Å². The van der Waals surface area contributed by atoms with Crippen molar-refractivity contribution in [2.45, 2.75) is 26.5 Å². The summed E-state index contributed by atoms with van der Waals surface area (Å²) in [6.45, 7) is 5.32. The average Bonchev–Trinajstić information content (AvgIpc) is 2.83. The molecule has 0 spiro atoms. The smallest absolute Gasteiger partial charge is 0.129 e. The first-order valence-electron chi connectivity index (χ1n) is 6.99. The molecular weight excluding hydrogens is 287 g/mol. The molecular formula is C16H21FN2OS. The van der Waals surface area contributed by atoms with Gasteiger partial charge in [-0.25, -0.2) is 9.37 Å². The highest BCUT2D eigenvalue weighted by atomic mass is 32.1. The van der Waals surface area contributed by atoms with Crippen LogP contribution in [0.1, 0.15) is 29.3 Å². The van der Waals surface area contributed by atoms with Crippen LogP contribution in [0.3, 0.4) is 0 Å². The van der Waals surface area contributed by atoms with Gasteiger partial charge in [-0.3, -0.25) is 0 Å². The number of hydrogen-bond acceptors (Lipinski definition) is 4. The molecule has 0 bridgehead atoms. The van der Waals surface area contributed by atoms with Crippen molar-refractivity contribution >= 4 is 11.3 Å². The van der Waals surface area contributed by atoms with Gasteiger partial charge in [0.05, 0.1) is 16.8 Å². The highest BCUT2D eigenvalue weighted by Crippen LogP contribution is 2.25. The molecule has 5 heteroatoms. The molecule has 2 unspecified atom stereocenters. The molecule has 0 radical (unpaired) electrons. The van der Waals surface area contributed by atoms with E-state index in [1.54, 1.807) is 29.5 Å². The third kappa shape index (κ3) is 4.33. The number of aliphatic hydroxyl groups is 1. The molecule has 21 heavy (non-hydrogen) atoms. The van der Waals surface area contributed by atoms with Gasteiger partial charge in [0.15, 0.2) is 0 Å². The van der Waals surface area contributed by atoms with Gasteiger partial charge >= 0.3 is 0 Å². The Morgan fingerprint density at radius 1 is 1.38 bits per heavy atom. The van der Waals surface area contributed by atoms with Gasteiger partial charge in [0.1, 0.15) is 5.82 Å². The number of rotatable bonds is 6. The summed E-state index contributed by atoms with van der Waals surface area (Å²) in [5.74, 6) is -0.415. The van der Waals surface area contributed by atoms with E-state index in [9.17, 15) is 9.50 Å². The van der Waals surface area contributed by atoms with E-state index in [0.29, 0.717) is 12.1 Å². The number of thiazole rings is 1. The minimum atomic E-state index is -0.800. The van der Waals surface area contributed by atoms with E-state index in [4.69, 9.17) is 0 Å². The van der Waals surface area contributed by atoms with Gasteiger partial charge in [0.25, 0.3) is 0 Å². The Morgan fingerprint density at radius 2 is 2.10 bits per heavy atom. The minimum Gasteiger partial charge on any atom is -0.388 e. The van der Waals surface area contributed by atoms with Crippen LogP contribution in [0.15, 0.2) is 29.6 Å². The van der Waals surface area contributed by atoms with Crippen LogP contribution in [0.4, 0.5) is 4.39 Å². The number of halogens is 1. The molecule has 0 amide bonds. The first-order valence-corrected chi connectivity index (χ1v) is 7.87. The lowest BCUT2D eigenvalue weighted by Crippen LogP contribution is -2.27. The maximum Gasteiger partial charge on any atom is 0.129 e. The molecule has 0 aliphatic carbocycles. The molecule has 1 aromatic carbocycles. The van der Waals surface area contributed by atoms with E-state index in [1.165, 1.54) is 6.07 Å². The Labute approximate surface area is 129 Å². The molecule has 0 aliphatic heterocycles. The number of nitrogens with zero attached hydrogens (tertiary/aromatic N) is 2. The monoisotopic (exact) mass is 308 g/mol. The van der Waals surface area contributed by atoms with Gasteiger partial charge in [-0.2, -0.15) is 0 Å². The van der Waals surface area contributed by atoms with E-state index in [1.807, 2.05) is 26.3 Å². The van der Waals surface area contributed by atoms with Gasteiger partial charge in [-0.1, -0.05) is 25.1 Å². The Kier molecular flexibility index (Phi) is 5.45. The quantitative estimate of drug-likeness (QED) is 0.888. The maximum absolute atomic E-state index is 13.7. The van der Waals surface area contributed by atoms with Crippen molar-refractivity contribution < 1.29 is 9.50 Å². The third-order valence-corrected chi connectivity index (χ3v) is 4.28. The number of aromatic nitrogens is 1. The molecule has 114 valence electrons.